The lowest BCUT2D eigenvalue weighted by Gasteiger charge is -2.39. The highest BCUT2D eigenvalue weighted by Gasteiger charge is 2.41. The van der Waals surface area contributed by atoms with Gasteiger partial charge < -0.3 is 10.2 Å². The van der Waals surface area contributed by atoms with E-state index in [1.807, 2.05) is 6.07 Å². The predicted molar refractivity (Wildman–Crippen MR) is 104 cm³/mol. The molecular weight excluding hydrogens is 410 g/mol. The van der Waals surface area contributed by atoms with Gasteiger partial charge in [-0.1, -0.05) is 18.2 Å². The summed E-state index contributed by atoms with van der Waals surface area (Å²) >= 11 is 6.89. The molecule has 10 heteroatoms. The number of hydrogen-bond donors (Lipinski definition) is 1. The van der Waals surface area contributed by atoms with E-state index in [-0.39, 0.29) is 36.3 Å². The minimum absolute atomic E-state index is 0.0215. The zero-order valence-electron chi connectivity index (χ0n) is 14.2. The first-order valence-electron chi connectivity index (χ1n) is 8.17. The van der Waals surface area contributed by atoms with Crippen molar-refractivity contribution in [1.29, 1.82) is 0 Å². The predicted octanol–water partition coefficient (Wildman–Crippen LogP) is 1.83. The maximum atomic E-state index is 13.0. The maximum absolute atomic E-state index is 13.0. The van der Waals surface area contributed by atoms with Gasteiger partial charge in [0.1, 0.15) is 11.9 Å². The monoisotopic (exact) mass is 427 g/mol. The molecule has 1 aromatic heterocycles. The van der Waals surface area contributed by atoms with Crippen molar-refractivity contribution in [2.45, 2.75) is 10.9 Å². The number of hydrogen-bond acceptors (Lipinski definition) is 5. The number of para-hydroxylation sites is 1. The van der Waals surface area contributed by atoms with Gasteiger partial charge in [0.05, 0.1) is 4.90 Å². The number of rotatable bonds is 5. The van der Waals surface area contributed by atoms with Crippen LogP contribution in [0.25, 0.3) is 0 Å². The Kier molecular flexibility index (Phi) is 6.15. The Morgan fingerprint density at radius 2 is 1.93 bits per heavy atom. The van der Waals surface area contributed by atoms with Crippen LogP contribution < -0.4 is 5.32 Å². The third-order valence-corrected chi connectivity index (χ3v) is 7.21. The molecule has 1 saturated heterocycles. The van der Waals surface area contributed by atoms with Crippen molar-refractivity contribution in [2.75, 3.05) is 30.8 Å². The van der Waals surface area contributed by atoms with Crippen LogP contribution in [0.15, 0.2) is 52.1 Å². The molecule has 1 aliphatic heterocycles. The normalized spacial score (nSPS) is 18.3. The Hall–Kier alpha value is -1.94. The van der Waals surface area contributed by atoms with Crippen LogP contribution in [0.3, 0.4) is 0 Å². The number of nitrogens with one attached hydrogen (secondary N) is 1. The van der Waals surface area contributed by atoms with Gasteiger partial charge in [-0.25, -0.2) is 8.42 Å². The quantitative estimate of drug-likeness (QED) is 0.737. The number of thiophene rings is 1. The number of halogens is 1. The summed E-state index contributed by atoms with van der Waals surface area (Å²) in [5.74, 6) is -1.04. The zero-order valence-corrected chi connectivity index (χ0v) is 16.6. The molecule has 2 heterocycles. The largest absolute Gasteiger partial charge is 0.338 e. The molecule has 7 nitrogen and oxygen atoms in total. The summed E-state index contributed by atoms with van der Waals surface area (Å²) in [6.07, 6.45) is 0. The molecule has 1 atom stereocenters. The van der Waals surface area contributed by atoms with Gasteiger partial charge in [-0.3, -0.25) is 9.59 Å². The van der Waals surface area contributed by atoms with Gasteiger partial charge in [-0.2, -0.15) is 15.6 Å². The smallest absolute Gasteiger partial charge is 0.244 e. The van der Waals surface area contributed by atoms with E-state index in [0.717, 1.165) is 4.31 Å². The van der Waals surface area contributed by atoms with E-state index in [4.69, 9.17) is 11.6 Å². The average Bonchev–Trinajstić information content (AvgIpc) is 3.23. The van der Waals surface area contributed by atoms with Crippen molar-refractivity contribution in [3.05, 3.63) is 47.2 Å². The van der Waals surface area contributed by atoms with Gasteiger partial charge in [0.2, 0.25) is 21.8 Å². The summed E-state index contributed by atoms with van der Waals surface area (Å²) in [5.41, 5.74) is 0.552. The van der Waals surface area contributed by atoms with Crippen molar-refractivity contribution < 1.29 is 18.0 Å². The number of benzene rings is 1. The molecule has 3 rings (SSSR count). The van der Waals surface area contributed by atoms with Crippen LogP contribution in [0.5, 0.6) is 0 Å². The first-order chi connectivity index (χ1) is 12.9. The first-order valence-corrected chi connectivity index (χ1v) is 11.1. The number of nitrogens with zero attached hydrogens (tertiary/aromatic N) is 2. The van der Waals surface area contributed by atoms with Crippen molar-refractivity contribution >= 4 is 50.5 Å². The Balaban J connectivity index is 1.89. The highest BCUT2D eigenvalue weighted by atomic mass is 35.5. The maximum Gasteiger partial charge on any atom is 0.244 e. The molecule has 0 radical (unpaired) electrons. The van der Waals surface area contributed by atoms with Crippen LogP contribution in [0.2, 0.25) is 0 Å². The van der Waals surface area contributed by atoms with Crippen molar-refractivity contribution in [3.8, 4) is 0 Å². The molecule has 2 aromatic rings. The molecule has 1 aliphatic rings. The van der Waals surface area contributed by atoms with Crippen LogP contribution in [-0.2, 0) is 19.6 Å². The molecule has 1 N–H and O–H groups in total. The van der Waals surface area contributed by atoms with Gasteiger partial charge in [0.25, 0.3) is 0 Å². The minimum atomic E-state index is -3.85. The van der Waals surface area contributed by atoms with Crippen molar-refractivity contribution in [3.63, 3.8) is 0 Å². The highest BCUT2D eigenvalue weighted by Crippen LogP contribution is 2.24. The molecule has 2 amide bonds. The van der Waals surface area contributed by atoms with Crippen LogP contribution in [0, 0.1) is 0 Å². The topological polar surface area (TPSA) is 86.8 Å². The van der Waals surface area contributed by atoms with Gasteiger partial charge >= 0.3 is 0 Å². The molecule has 144 valence electrons. The van der Waals surface area contributed by atoms with Crippen LogP contribution in [0.4, 0.5) is 5.69 Å². The Morgan fingerprint density at radius 1 is 1.19 bits per heavy atom. The first kappa shape index (κ1) is 19.8. The second-order valence-electron chi connectivity index (χ2n) is 5.92. The second kappa shape index (κ2) is 8.39. The zero-order chi connectivity index (χ0) is 19.4. The fourth-order valence-electron chi connectivity index (χ4n) is 2.86. The number of sulfonamides is 1. The summed E-state index contributed by atoms with van der Waals surface area (Å²) in [5, 5.41) is 5.91. The number of amides is 2. The second-order valence-corrected chi connectivity index (χ2v) is 8.86. The summed E-state index contributed by atoms with van der Waals surface area (Å²) in [7, 11) is -3.85. The fourth-order valence-corrected chi connectivity index (χ4v) is 5.61. The van der Waals surface area contributed by atoms with Crippen molar-refractivity contribution in [2.24, 2.45) is 0 Å². The summed E-state index contributed by atoms with van der Waals surface area (Å²) in [4.78, 5) is 26.4. The number of carbonyl (C=O) groups is 2. The third kappa shape index (κ3) is 4.32. The Morgan fingerprint density at radius 3 is 2.56 bits per heavy atom. The average molecular weight is 428 g/mol. The molecule has 0 aliphatic carbocycles. The van der Waals surface area contributed by atoms with Crippen LogP contribution in [-0.4, -0.2) is 61.0 Å². The van der Waals surface area contributed by atoms with E-state index >= 15 is 0 Å². The SMILES string of the molecule is O=C(Nc1ccccc1)[C@H]1CN(C(=O)CCl)CCN1S(=O)(=O)c1ccsc1. The minimum Gasteiger partial charge on any atom is -0.338 e. The molecule has 0 spiro atoms. The molecule has 1 aromatic carbocycles. The number of piperazine rings is 1. The lowest BCUT2D eigenvalue weighted by atomic mass is 10.2. The van der Waals surface area contributed by atoms with E-state index in [1.165, 1.54) is 27.7 Å². The van der Waals surface area contributed by atoms with E-state index in [2.05, 4.69) is 5.32 Å². The van der Waals surface area contributed by atoms with Gasteiger partial charge in [0.15, 0.2) is 0 Å². The molecule has 1 fully saturated rings. The van der Waals surface area contributed by atoms with E-state index in [0.29, 0.717) is 5.69 Å². The Labute approximate surface area is 166 Å². The third-order valence-electron chi connectivity index (χ3n) is 4.24. The fraction of sp³-hybridized carbons (Fsp3) is 0.294. The Bertz CT molecular complexity index is 904. The summed E-state index contributed by atoms with van der Waals surface area (Å²) < 4.78 is 27.1. The van der Waals surface area contributed by atoms with Gasteiger partial charge in [-0.05, 0) is 23.6 Å². The highest BCUT2D eigenvalue weighted by molar-refractivity contribution is 7.89. The van der Waals surface area contributed by atoms with Gasteiger partial charge in [-0.15, -0.1) is 11.6 Å². The van der Waals surface area contributed by atoms with E-state index < -0.39 is 22.0 Å². The molecule has 0 unspecified atom stereocenters. The lowest BCUT2D eigenvalue weighted by Crippen LogP contribution is -2.60. The van der Waals surface area contributed by atoms with E-state index in [1.54, 1.807) is 29.6 Å². The summed E-state index contributed by atoms with van der Waals surface area (Å²) in [6, 6.07) is 9.21. The number of alkyl halides is 1. The van der Waals surface area contributed by atoms with Crippen LogP contribution >= 0.6 is 22.9 Å². The molecule has 0 bridgehead atoms. The standard InChI is InChI=1S/C17H18ClN3O4S2/c18-10-16(22)20-7-8-21(27(24,25)14-6-9-26-12-14)15(11-20)17(23)19-13-4-2-1-3-5-13/h1-6,9,12,15H,7-8,10-11H2,(H,19,23)/t15-/m1/s1. The lowest BCUT2D eigenvalue weighted by molar-refractivity contribution is -0.132. The number of carbonyl (C=O) groups excluding carboxylic acids is 2. The molecule has 27 heavy (non-hydrogen) atoms. The molecular formula is C17H18ClN3O4S2. The number of anilines is 1. The molecule has 0 saturated carbocycles. The van der Waals surface area contributed by atoms with E-state index in [9.17, 15) is 18.0 Å². The summed E-state index contributed by atoms with van der Waals surface area (Å²) in [6.45, 7) is 0.158. The van der Waals surface area contributed by atoms with Gasteiger partial charge in [0, 0.05) is 30.7 Å². The van der Waals surface area contributed by atoms with Crippen LogP contribution in [0.1, 0.15) is 0 Å². The van der Waals surface area contributed by atoms with Crippen molar-refractivity contribution in [1.82, 2.24) is 9.21 Å².